The average Bonchev–Trinajstić information content (AvgIpc) is 2.96. The van der Waals surface area contributed by atoms with Crippen LogP contribution in [0.15, 0.2) is 23.0 Å². The summed E-state index contributed by atoms with van der Waals surface area (Å²) in [5.41, 5.74) is 0.974. The van der Waals surface area contributed by atoms with Crippen molar-refractivity contribution in [2.45, 2.75) is 37.9 Å². The van der Waals surface area contributed by atoms with E-state index in [0.29, 0.717) is 38.8 Å². The van der Waals surface area contributed by atoms with Gasteiger partial charge in [-0.1, -0.05) is 0 Å². The number of piperidine rings is 1. The van der Waals surface area contributed by atoms with Crippen LogP contribution in [0.3, 0.4) is 0 Å². The molecule has 1 aromatic rings. The van der Waals surface area contributed by atoms with Gasteiger partial charge in [0.1, 0.15) is 0 Å². The van der Waals surface area contributed by atoms with E-state index in [1.54, 1.807) is 24.5 Å². The number of rotatable bonds is 5. The Hall–Kier alpha value is -1.50. The summed E-state index contributed by atoms with van der Waals surface area (Å²) >= 11 is 0. The standard InChI is InChI=1S/C15H21F3N2O2/c1-19(14(21)3-2-12-6-9-22-10-12)13-4-7-20(8-5-13)11-15(16,17)18/h6,9-10,13H,2-5,7-8,11H2,1H3. The Morgan fingerprint density at radius 3 is 2.64 bits per heavy atom. The highest BCUT2D eigenvalue weighted by atomic mass is 19.4. The predicted molar refractivity (Wildman–Crippen MR) is 75.3 cm³/mol. The number of amides is 1. The number of likely N-dealkylation sites (tertiary alicyclic amines) is 1. The van der Waals surface area contributed by atoms with E-state index < -0.39 is 12.7 Å². The quantitative estimate of drug-likeness (QED) is 0.837. The molecule has 2 rings (SSSR count). The Bertz CT molecular complexity index is 466. The van der Waals surface area contributed by atoms with Gasteiger partial charge in [0.15, 0.2) is 0 Å². The van der Waals surface area contributed by atoms with Crippen LogP contribution >= 0.6 is 0 Å². The zero-order chi connectivity index (χ0) is 16.2. The van der Waals surface area contributed by atoms with Gasteiger partial charge in [0, 0.05) is 32.6 Å². The zero-order valence-corrected chi connectivity index (χ0v) is 12.6. The van der Waals surface area contributed by atoms with Gasteiger partial charge in [0.05, 0.1) is 19.1 Å². The number of carbonyl (C=O) groups is 1. The van der Waals surface area contributed by atoms with Crippen molar-refractivity contribution in [2.75, 3.05) is 26.7 Å². The molecular formula is C15H21F3N2O2. The summed E-state index contributed by atoms with van der Waals surface area (Å²) in [7, 11) is 1.74. The van der Waals surface area contributed by atoms with Gasteiger partial charge in [-0.15, -0.1) is 0 Å². The maximum absolute atomic E-state index is 12.3. The molecule has 1 aliphatic rings. The fourth-order valence-electron chi connectivity index (χ4n) is 2.78. The number of aryl methyl sites for hydroxylation is 1. The van der Waals surface area contributed by atoms with Crippen LogP contribution in [-0.4, -0.2) is 54.6 Å². The van der Waals surface area contributed by atoms with Gasteiger partial charge in [0.2, 0.25) is 5.91 Å². The largest absolute Gasteiger partial charge is 0.472 e. The lowest BCUT2D eigenvalue weighted by molar-refractivity contribution is -0.150. The molecule has 0 spiro atoms. The molecule has 0 unspecified atom stereocenters. The lowest BCUT2D eigenvalue weighted by Crippen LogP contribution is -2.47. The van der Waals surface area contributed by atoms with Crippen LogP contribution in [0.2, 0.25) is 0 Å². The van der Waals surface area contributed by atoms with E-state index >= 15 is 0 Å². The summed E-state index contributed by atoms with van der Waals surface area (Å²) in [6.45, 7) is -0.106. The highest BCUT2D eigenvalue weighted by molar-refractivity contribution is 5.76. The number of hydrogen-bond donors (Lipinski definition) is 0. The zero-order valence-electron chi connectivity index (χ0n) is 12.6. The molecule has 0 aliphatic carbocycles. The molecule has 0 aromatic carbocycles. The minimum Gasteiger partial charge on any atom is -0.472 e. The van der Waals surface area contributed by atoms with Crippen molar-refractivity contribution in [3.05, 3.63) is 24.2 Å². The van der Waals surface area contributed by atoms with Gasteiger partial charge in [-0.25, -0.2) is 0 Å². The molecule has 2 heterocycles. The number of carbonyl (C=O) groups excluding carboxylic acids is 1. The van der Waals surface area contributed by atoms with Crippen molar-refractivity contribution in [1.29, 1.82) is 0 Å². The minimum absolute atomic E-state index is 0.0236. The van der Waals surface area contributed by atoms with Crippen LogP contribution in [0, 0.1) is 0 Å². The number of furan rings is 1. The van der Waals surface area contributed by atoms with Gasteiger partial charge >= 0.3 is 6.18 Å². The highest BCUT2D eigenvalue weighted by Crippen LogP contribution is 2.22. The SMILES string of the molecule is CN(C(=O)CCc1ccoc1)C1CCN(CC(F)(F)F)CC1. The van der Waals surface area contributed by atoms with E-state index in [-0.39, 0.29) is 11.9 Å². The third-order valence-corrected chi connectivity index (χ3v) is 4.11. The molecule has 0 radical (unpaired) electrons. The van der Waals surface area contributed by atoms with E-state index in [0.717, 1.165) is 5.56 Å². The van der Waals surface area contributed by atoms with E-state index in [9.17, 15) is 18.0 Å². The number of hydrogen-bond acceptors (Lipinski definition) is 3. The minimum atomic E-state index is -4.15. The Kier molecular flexibility index (Phi) is 5.50. The van der Waals surface area contributed by atoms with Crippen molar-refractivity contribution < 1.29 is 22.4 Å². The lowest BCUT2D eigenvalue weighted by Gasteiger charge is -2.37. The first kappa shape index (κ1) is 16.9. The van der Waals surface area contributed by atoms with Gasteiger partial charge in [-0.2, -0.15) is 13.2 Å². The first-order chi connectivity index (χ1) is 10.3. The smallest absolute Gasteiger partial charge is 0.401 e. The Morgan fingerprint density at radius 1 is 1.41 bits per heavy atom. The van der Waals surface area contributed by atoms with E-state index in [4.69, 9.17) is 4.42 Å². The van der Waals surface area contributed by atoms with Crippen molar-refractivity contribution in [3.8, 4) is 0 Å². The third kappa shape index (κ3) is 5.05. The normalized spacial score (nSPS) is 17.6. The molecule has 0 N–H and O–H groups in total. The van der Waals surface area contributed by atoms with Crippen LogP contribution in [-0.2, 0) is 11.2 Å². The number of nitrogens with zero attached hydrogens (tertiary/aromatic N) is 2. The highest BCUT2D eigenvalue weighted by Gasteiger charge is 2.33. The van der Waals surface area contributed by atoms with Crippen molar-refractivity contribution in [1.82, 2.24) is 9.80 Å². The fourth-order valence-corrected chi connectivity index (χ4v) is 2.78. The van der Waals surface area contributed by atoms with Crippen LogP contribution in [0.4, 0.5) is 13.2 Å². The number of halogens is 3. The monoisotopic (exact) mass is 318 g/mol. The second-order valence-electron chi connectivity index (χ2n) is 5.76. The molecule has 0 bridgehead atoms. The average molecular weight is 318 g/mol. The van der Waals surface area contributed by atoms with Crippen LogP contribution < -0.4 is 0 Å². The first-order valence-corrected chi connectivity index (χ1v) is 7.41. The van der Waals surface area contributed by atoms with Crippen LogP contribution in [0.1, 0.15) is 24.8 Å². The Balaban J connectivity index is 1.74. The summed E-state index contributed by atoms with van der Waals surface area (Å²) < 4.78 is 42.0. The van der Waals surface area contributed by atoms with Crippen LogP contribution in [0.5, 0.6) is 0 Å². The van der Waals surface area contributed by atoms with Crippen LogP contribution in [0.25, 0.3) is 0 Å². The molecule has 1 aromatic heterocycles. The molecule has 4 nitrogen and oxygen atoms in total. The molecular weight excluding hydrogens is 297 g/mol. The van der Waals surface area contributed by atoms with Gasteiger partial charge < -0.3 is 9.32 Å². The van der Waals surface area contributed by atoms with Crippen molar-refractivity contribution >= 4 is 5.91 Å². The molecule has 7 heteroatoms. The maximum atomic E-state index is 12.3. The molecule has 1 saturated heterocycles. The van der Waals surface area contributed by atoms with E-state index in [2.05, 4.69) is 0 Å². The van der Waals surface area contributed by atoms with Crippen molar-refractivity contribution in [3.63, 3.8) is 0 Å². The summed E-state index contributed by atoms with van der Waals surface area (Å²) in [6.07, 6.45) is 1.21. The molecule has 1 aliphatic heterocycles. The number of alkyl halides is 3. The molecule has 124 valence electrons. The van der Waals surface area contributed by atoms with Gasteiger partial charge in [-0.05, 0) is 30.9 Å². The predicted octanol–water partition coefficient (Wildman–Crippen LogP) is 2.70. The molecule has 0 saturated carbocycles. The van der Waals surface area contributed by atoms with E-state index in [1.165, 1.54) is 4.90 Å². The second-order valence-corrected chi connectivity index (χ2v) is 5.76. The lowest BCUT2D eigenvalue weighted by atomic mass is 10.0. The Morgan fingerprint density at radius 2 is 2.09 bits per heavy atom. The van der Waals surface area contributed by atoms with Gasteiger partial charge in [-0.3, -0.25) is 9.69 Å². The second kappa shape index (κ2) is 7.17. The summed E-state index contributed by atoms with van der Waals surface area (Å²) in [5.74, 6) is 0.0236. The molecule has 1 fully saturated rings. The summed E-state index contributed by atoms with van der Waals surface area (Å²) in [6, 6.07) is 1.85. The van der Waals surface area contributed by atoms with Gasteiger partial charge in [0.25, 0.3) is 0 Å². The van der Waals surface area contributed by atoms with E-state index in [1.807, 2.05) is 6.07 Å². The first-order valence-electron chi connectivity index (χ1n) is 7.41. The Labute approximate surface area is 127 Å². The molecule has 22 heavy (non-hydrogen) atoms. The summed E-state index contributed by atoms with van der Waals surface area (Å²) in [5, 5.41) is 0. The topological polar surface area (TPSA) is 36.7 Å². The fraction of sp³-hybridized carbons (Fsp3) is 0.667. The maximum Gasteiger partial charge on any atom is 0.401 e. The summed E-state index contributed by atoms with van der Waals surface area (Å²) in [4.78, 5) is 15.2. The molecule has 0 atom stereocenters. The molecule has 1 amide bonds. The third-order valence-electron chi connectivity index (χ3n) is 4.11. The van der Waals surface area contributed by atoms with Crippen molar-refractivity contribution in [2.24, 2.45) is 0 Å².